The molecule has 12 heteroatoms. The number of Topliss-reactive ketones (excluding diaryl/α,β-unsaturated/α-hetero) is 3. The lowest BCUT2D eigenvalue weighted by Crippen LogP contribution is -2.45. The molecule has 1 aliphatic carbocycles. The third-order valence-corrected chi connectivity index (χ3v) is 10.6. The Bertz CT molecular complexity index is 2070. The quantitative estimate of drug-likeness (QED) is 0.309. The summed E-state index contributed by atoms with van der Waals surface area (Å²) in [6.07, 6.45) is 6.50. The molecule has 258 valence electrons. The highest BCUT2D eigenvalue weighted by Crippen LogP contribution is 2.62. The number of nitrogens with zero attached hydrogens (tertiary/aromatic N) is 6. The van der Waals surface area contributed by atoms with Gasteiger partial charge in [0.05, 0.1) is 30.1 Å². The molecule has 12 nitrogen and oxygen atoms in total. The van der Waals surface area contributed by atoms with Gasteiger partial charge in [-0.1, -0.05) is 6.07 Å². The zero-order valence-electron chi connectivity index (χ0n) is 28.9. The number of nitrogens with one attached hydrogen (secondary N) is 1. The molecule has 1 saturated heterocycles. The first-order valence-corrected chi connectivity index (χ1v) is 17.3. The maximum absolute atomic E-state index is 14.5. The first-order valence-electron chi connectivity index (χ1n) is 17.3. The van der Waals surface area contributed by atoms with Crippen molar-refractivity contribution >= 4 is 40.1 Å². The molecule has 3 atom stereocenters. The summed E-state index contributed by atoms with van der Waals surface area (Å²) in [5, 5.41) is 8.12. The van der Waals surface area contributed by atoms with Gasteiger partial charge >= 0.3 is 0 Å². The van der Waals surface area contributed by atoms with Crippen molar-refractivity contribution in [1.82, 2.24) is 34.9 Å². The lowest BCUT2D eigenvalue weighted by atomic mass is 9.90. The molecule has 2 aliphatic heterocycles. The normalized spacial score (nSPS) is 22.6. The van der Waals surface area contributed by atoms with Gasteiger partial charge in [-0.3, -0.25) is 33.6 Å². The number of carbonyl (C=O) groups excluding carboxylic acids is 5. The van der Waals surface area contributed by atoms with E-state index in [9.17, 15) is 24.0 Å². The Kier molecular flexibility index (Phi) is 8.65. The van der Waals surface area contributed by atoms with Crippen LogP contribution in [0.5, 0.6) is 0 Å². The zero-order chi connectivity index (χ0) is 35.3. The first kappa shape index (κ1) is 33.4. The van der Waals surface area contributed by atoms with E-state index < -0.39 is 6.04 Å². The summed E-state index contributed by atoms with van der Waals surface area (Å²) in [5.74, 6) is -0.180. The van der Waals surface area contributed by atoms with Gasteiger partial charge < -0.3 is 10.2 Å². The van der Waals surface area contributed by atoms with Crippen LogP contribution in [0.4, 0.5) is 0 Å². The van der Waals surface area contributed by atoms with Gasteiger partial charge in [0.2, 0.25) is 11.8 Å². The predicted molar refractivity (Wildman–Crippen MR) is 184 cm³/mol. The Labute approximate surface area is 290 Å². The van der Waals surface area contributed by atoms with Crippen molar-refractivity contribution in [2.45, 2.75) is 97.7 Å². The number of aryl methyl sites for hydroxylation is 3. The number of aromatic nitrogens is 5. The molecule has 0 radical (unpaired) electrons. The summed E-state index contributed by atoms with van der Waals surface area (Å²) in [6, 6.07) is 6.72. The first-order chi connectivity index (χ1) is 23.9. The summed E-state index contributed by atoms with van der Waals surface area (Å²) in [7, 11) is 0. The third kappa shape index (κ3) is 6.34. The van der Waals surface area contributed by atoms with Crippen molar-refractivity contribution in [2.75, 3.05) is 6.54 Å². The summed E-state index contributed by atoms with van der Waals surface area (Å²) in [6.45, 7) is 7.16. The molecule has 50 heavy (non-hydrogen) atoms. The number of rotatable bonds is 5. The molecule has 2 bridgehead atoms. The van der Waals surface area contributed by atoms with Gasteiger partial charge in [0, 0.05) is 61.4 Å². The van der Waals surface area contributed by atoms with E-state index in [2.05, 4.69) is 25.4 Å². The Balaban J connectivity index is 1.31. The minimum absolute atomic E-state index is 0.0400. The smallest absolute Gasteiger partial charge is 0.245 e. The van der Waals surface area contributed by atoms with E-state index in [4.69, 9.17) is 0 Å². The van der Waals surface area contributed by atoms with Gasteiger partial charge in [-0.25, -0.2) is 9.97 Å². The van der Waals surface area contributed by atoms with Crippen LogP contribution in [0, 0.1) is 26.2 Å². The van der Waals surface area contributed by atoms with Gasteiger partial charge in [-0.05, 0) is 86.8 Å². The van der Waals surface area contributed by atoms with E-state index in [-0.39, 0.29) is 65.7 Å². The number of ketones is 3. The van der Waals surface area contributed by atoms with Crippen LogP contribution in [-0.2, 0) is 38.6 Å². The molecule has 7 rings (SSSR count). The standard InChI is InChI=1S/C38H41N7O5/c1-21-7-8-22(2)42-30(21)15-32(48)31-16-38-10-9-28(47)6-5-11-39-34(49)14-26-12-25(27-18-40-24(4)41-19-27)13-29-36(23(3)46)43-44(37(26)29)20-35(50)45(31)33(38)17-38/h7-8,12-13,18-19,31,33H,5-6,9-11,14-17,20H2,1-4H3,(H,39,49)/t31-,33+,38-/m0/s1. The van der Waals surface area contributed by atoms with Crippen molar-refractivity contribution in [3.8, 4) is 11.1 Å². The molecule has 0 unspecified atom stereocenters. The van der Waals surface area contributed by atoms with E-state index in [1.54, 1.807) is 24.2 Å². The maximum Gasteiger partial charge on any atom is 0.245 e. The highest BCUT2D eigenvalue weighted by Gasteiger charge is 2.66. The molecule has 3 aromatic heterocycles. The van der Waals surface area contributed by atoms with Crippen molar-refractivity contribution < 1.29 is 24.0 Å². The maximum atomic E-state index is 14.5. The van der Waals surface area contributed by atoms with Crippen LogP contribution < -0.4 is 5.32 Å². The fraction of sp³-hybridized carbons (Fsp3) is 0.447. The molecule has 3 aliphatic rings. The fourth-order valence-electron chi connectivity index (χ4n) is 7.86. The number of hydrogen-bond donors (Lipinski definition) is 1. The topological polar surface area (TPSA) is 157 Å². The summed E-state index contributed by atoms with van der Waals surface area (Å²) < 4.78 is 1.52. The van der Waals surface area contributed by atoms with Crippen molar-refractivity contribution in [1.29, 1.82) is 0 Å². The summed E-state index contributed by atoms with van der Waals surface area (Å²) >= 11 is 0. The van der Waals surface area contributed by atoms with E-state index >= 15 is 0 Å². The second-order valence-corrected chi connectivity index (χ2v) is 14.2. The van der Waals surface area contributed by atoms with Crippen molar-refractivity contribution in [3.63, 3.8) is 0 Å². The molecule has 1 N–H and O–H groups in total. The second kappa shape index (κ2) is 13.0. The molecule has 0 spiro atoms. The number of hydrogen-bond acceptors (Lipinski definition) is 9. The minimum Gasteiger partial charge on any atom is -0.356 e. The van der Waals surface area contributed by atoms with Gasteiger partial charge in [0.15, 0.2) is 11.6 Å². The minimum atomic E-state index is -0.663. The zero-order valence-corrected chi connectivity index (χ0v) is 28.9. The SMILES string of the molecule is CC(=O)c1nn2c3c(cc(-c4cnc(C)nc4)cc13)CC(=O)NCCCC(=O)CC[C@@]13C[C@@H](C(=O)Cc4nc(C)ccc4C)N(C(=O)C2)[C@@H]1C3. The second-order valence-electron chi connectivity index (χ2n) is 14.2. The van der Waals surface area contributed by atoms with Gasteiger partial charge in [0.1, 0.15) is 23.8 Å². The molecular formula is C38H41N7O5. The van der Waals surface area contributed by atoms with Crippen molar-refractivity contribution in [2.24, 2.45) is 5.41 Å². The third-order valence-electron chi connectivity index (χ3n) is 10.6. The molecule has 5 heterocycles. The average Bonchev–Trinajstić information content (AvgIpc) is 3.48. The van der Waals surface area contributed by atoms with E-state index in [1.807, 2.05) is 38.1 Å². The highest BCUT2D eigenvalue weighted by atomic mass is 16.2. The Hall–Kier alpha value is -5.13. The Morgan fingerprint density at radius 2 is 1.78 bits per heavy atom. The number of benzene rings is 1. The van der Waals surface area contributed by atoms with Crippen LogP contribution in [-0.4, -0.2) is 77.4 Å². The highest BCUT2D eigenvalue weighted by molar-refractivity contribution is 6.07. The molecule has 1 saturated carbocycles. The summed E-state index contributed by atoms with van der Waals surface area (Å²) in [5.41, 5.74) is 4.83. The lowest BCUT2D eigenvalue weighted by molar-refractivity contribution is -0.139. The van der Waals surface area contributed by atoms with Crippen LogP contribution in [0.2, 0.25) is 0 Å². The Morgan fingerprint density at radius 1 is 1.00 bits per heavy atom. The lowest BCUT2D eigenvalue weighted by Gasteiger charge is -2.27. The van der Waals surface area contributed by atoms with Crippen LogP contribution in [0.15, 0.2) is 36.7 Å². The van der Waals surface area contributed by atoms with E-state index in [0.29, 0.717) is 77.8 Å². The van der Waals surface area contributed by atoms with E-state index in [0.717, 1.165) is 17.7 Å². The van der Waals surface area contributed by atoms with Crippen LogP contribution in [0.25, 0.3) is 22.0 Å². The van der Waals surface area contributed by atoms with Crippen LogP contribution in [0.3, 0.4) is 0 Å². The van der Waals surface area contributed by atoms with Gasteiger partial charge in [0.25, 0.3) is 0 Å². The summed E-state index contributed by atoms with van der Waals surface area (Å²) in [4.78, 5) is 82.8. The molecule has 2 fully saturated rings. The van der Waals surface area contributed by atoms with E-state index in [1.165, 1.54) is 11.6 Å². The van der Waals surface area contributed by atoms with Crippen LogP contribution >= 0.6 is 0 Å². The number of piperidine rings is 1. The molecular weight excluding hydrogens is 634 g/mol. The molecule has 1 aromatic carbocycles. The monoisotopic (exact) mass is 675 g/mol. The fourth-order valence-corrected chi connectivity index (χ4v) is 7.86. The van der Waals surface area contributed by atoms with Gasteiger partial charge in [-0.2, -0.15) is 5.10 Å². The number of pyridine rings is 1. The predicted octanol–water partition coefficient (Wildman–Crippen LogP) is 3.99. The average molecular weight is 676 g/mol. The molecule has 2 amide bonds. The van der Waals surface area contributed by atoms with Gasteiger partial charge in [-0.15, -0.1) is 0 Å². The number of amides is 2. The van der Waals surface area contributed by atoms with Crippen LogP contribution in [0.1, 0.15) is 84.3 Å². The Morgan fingerprint density at radius 3 is 2.54 bits per heavy atom. The van der Waals surface area contributed by atoms with Crippen molar-refractivity contribution in [3.05, 3.63) is 70.7 Å². The largest absolute Gasteiger partial charge is 0.356 e. The number of carbonyl (C=O) groups is 5. The molecule has 4 aromatic rings.